The van der Waals surface area contributed by atoms with Crippen molar-refractivity contribution in [3.63, 3.8) is 0 Å². The van der Waals surface area contributed by atoms with Crippen LogP contribution in [0.2, 0.25) is 0 Å². The van der Waals surface area contributed by atoms with Crippen molar-refractivity contribution in [3.05, 3.63) is 59.3 Å². The minimum absolute atomic E-state index is 0.131. The van der Waals surface area contributed by atoms with Crippen molar-refractivity contribution in [2.45, 2.75) is 13.3 Å². The van der Waals surface area contributed by atoms with Gasteiger partial charge in [-0.15, -0.1) is 0 Å². The zero-order chi connectivity index (χ0) is 11.5. The molecule has 1 aromatic heterocycles. The third-order valence-corrected chi connectivity index (χ3v) is 2.37. The molecule has 0 fully saturated rings. The highest BCUT2D eigenvalue weighted by atomic mass is 19.1. The SMILES string of the molecule is Cc1ccc(C(=O)Cc2ccoc2)c(F)c1. The monoisotopic (exact) mass is 218 g/mol. The molecule has 0 amide bonds. The van der Waals surface area contributed by atoms with Crippen LogP contribution >= 0.6 is 0 Å². The molecule has 0 radical (unpaired) electrons. The molecule has 0 bridgehead atoms. The summed E-state index contributed by atoms with van der Waals surface area (Å²) in [7, 11) is 0. The molecule has 1 aromatic carbocycles. The lowest BCUT2D eigenvalue weighted by atomic mass is 10.0. The number of carbonyl (C=O) groups excluding carboxylic acids is 1. The number of benzene rings is 1. The predicted octanol–water partition coefficient (Wildman–Crippen LogP) is 3.15. The zero-order valence-corrected chi connectivity index (χ0v) is 8.87. The van der Waals surface area contributed by atoms with E-state index in [4.69, 9.17) is 4.42 Å². The highest BCUT2D eigenvalue weighted by Gasteiger charge is 2.12. The molecule has 0 unspecified atom stereocenters. The molecule has 0 aliphatic rings. The van der Waals surface area contributed by atoms with Crippen LogP contribution in [-0.2, 0) is 6.42 Å². The van der Waals surface area contributed by atoms with E-state index >= 15 is 0 Å². The maximum Gasteiger partial charge on any atom is 0.170 e. The summed E-state index contributed by atoms with van der Waals surface area (Å²) in [6, 6.07) is 6.31. The molecule has 82 valence electrons. The van der Waals surface area contributed by atoms with Crippen molar-refractivity contribution in [3.8, 4) is 0 Å². The van der Waals surface area contributed by atoms with E-state index in [1.54, 1.807) is 19.1 Å². The number of hydrogen-bond acceptors (Lipinski definition) is 2. The minimum Gasteiger partial charge on any atom is -0.472 e. The third-order valence-electron chi connectivity index (χ3n) is 2.37. The molecule has 3 heteroatoms. The fourth-order valence-corrected chi connectivity index (χ4v) is 1.52. The van der Waals surface area contributed by atoms with Crippen LogP contribution in [-0.4, -0.2) is 5.78 Å². The molecule has 0 spiro atoms. The Bertz CT molecular complexity index is 501. The van der Waals surface area contributed by atoms with Crippen LogP contribution < -0.4 is 0 Å². The highest BCUT2D eigenvalue weighted by Crippen LogP contribution is 2.13. The van der Waals surface area contributed by atoms with Gasteiger partial charge in [0.15, 0.2) is 5.78 Å². The first kappa shape index (κ1) is 10.6. The minimum atomic E-state index is -0.464. The summed E-state index contributed by atoms with van der Waals surface area (Å²) in [6.07, 6.45) is 3.15. The lowest BCUT2D eigenvalue weighted by molar-refractivity contribution is 0.0989. The Morgan fingerprint density at radius 3 is 2.81 bits per heavy atom. The standard InChI is InChI=1S/C13H11FO2/c1-9-2-3-11(12(14)6-9)13(15)7-10-4-5-16-8-10/h2-6,8H,7H2,1H3. The number of halogens is 1. The Balaban J connectivity index is 2.21. The van der Waals surface area contributed by atoms with Crippen molar-refractivity contribution >= 4 is 5.78 Å². The topological polar surface area (TPSA) is 30.2 Å². The lowest BCUT2D eigenvalue weighted by Gasteiger charge is -2.02. The second-order valence-electron chi connectivity index (χ2n) is 3.71. The van der Waals surface area contributed by atoms with Gasteiger partial charge in [0, 0.05) is 6.42 Å². The van der Waals surface area contributed by atoms with E-state index in [9.17, 15) is 9.18 Å². The maximum absolute atomic E-state index is 13.5. The second kappa shape index (κ2) is 4.31. The first-order valence-corrected chi connectivity index (χ1v) is 4.97. The number of furan rings is 1. The van der Waals surface area contributed by atoms with E-state index < -0.39 is 5.82 Å². The van der Waals surface area contributed by atoms with E-state index in [2.05, 4.69) is 0 Å². The molecule has 0 atom stereocenters. The van der Waals surface area contributed by atoms with Crippen molar-refractivity contribution in [2.24, 2.45) is 0 Å². The summed E-state index contributed by atoms with van der Waals surface area (Å²) in [5, 5.41) is 0. The number of ketones is 1. The number of rotatable bonds is 3. The van der Waals surface area contributed by atoms with Crippen LogP contribution in [0.4, 0.5) is 4.39 Å². The fraction of sp³-hybridized carbons (Fsp3) is 0.154. The maximum atomic E-state index is 13.5. The second-order valence-corrected chi connectivity index (χ2v) is 3.71. The number of aryl methyl sites for hydroxylation is 1. The van der Waals surface area contributed by atoms with Gasteiger partial charge in [0.25, 0.3) is 0 Å². The quantitative estimate of drug-likeness (QED) is 0.741. The Hall–Kier alpha value is -1.90. The van der Waals surface area contributed by atoms with Crippen molar-refractivity contribution < 1.29 is 13.6 Å². The van der Waals surface area contributed by atoms with E-state index in [0.29, 0.717) is 0 Å². The first-order valence-electron chi connectivity index (χ1n) is 4.97. The van der Waals surface area contributed by atoms with Crippen LogP contribution in [0.3, 0.4) is 0 Å². The van der Waals surface area contributed by atoms with Gasteiger partial charge in [-0.05, 0) is 36.2 Å². The Kier molecular flexibility index (Phi) is 2.86. The smallest absolute Gasteiger partial charge is 0.170 e. The molecule has 1 heterocycles. The van der Waals surface area contributed by atoms with Crippen LogP contribution in [0.5, 0.6) is 0 Å². The molecule has 0 N–H and O–H groups in total. The third kappa shape index (κ3) is 2.19. The van der Waals surface area contributed by atoms with Crippen molar-refractivity contribution in [1.29, 1.82) is 0 Å². The molecular formula is C13H11FO2. The molecule has 0 aliphatic carbocycles. The number of Topliss-reactive ketones (excluding diaryl/α,β-unsaturated/α-hetero) is 1. The van der Waals surface area contributed by atoms with Gasteiger partial charge in [-0.1, -0.05) is 6.07 Å². The average Bonchev–Trinajstić information content (AvgIpc) is 2.70. The van der Waals surface area contributed by atoms with Gasteiger partial charge < -0.3 is 4.42 Å². The van der Waals surface area contributed by atoms with Crippen LogP contribution in [0, 0.1) is 12.7 Å². The lowest BCUT2D eigenvalue weighted by Crippen LogP contribution is -2.05. The van der Waals surface area contributed by atoms with Gasteiger partial charge in [-0.25, -0.2) is 4.39 Å². The van der Waals surface area contributed by atoms with E-state index in [1.165, 1.54) is 24.7 Å². The largest absolute Gasteiger partial charge is 0.472 e. The van der Waals surface area contributed by atoms with E-state index in [1.807, 2.05) is 0 Å². The molecule has 0 saturated heterocycles. The van der Waals surface area contributed by atoms with E-state index in [0.717, 1.165) is 11.1 Å². The highest BCUT2D eigenvalue weighted by molar-refractivity contribution is 5.97. The zero-order valence-electron chi connectivity index (χ0n) is 8.87. The van der Waals surface area contributed by atoms with Crippen LogP contribution in [0.1, 0.15) is 21.5 Å². The Labute approximate surface area is 92.7 Å². The van der Waals surface area contributed by atoms with E-state index in [-0.39, 0.29) is 17.8 Å². The number of hydrogen-bond donors (Lipinski definition) is 0. The Morgan fingerprint density at radius 1 is 1.38 bits per heavy atom. The average molecular weight is 218 g/mol. The summed E-state index contributed by atoms with van der Waals surface area (Å²) in [5.41, 5.74) is 1.69. The van der Waals surface area contributed by atoms with Gasteiger partial charge in [-0.3, -0.25) is 4.79 Å². The molecule has 16 heavy (non-hydrogen) atoms. The molecule has 2 nitrogen and oxygen atoms in total. The molecule has 2 aromatic rings. The summed E-state index contributed by atoms with van der Waals surface area (Å²) in [4.78, 5) is 11.8. The summed E-state index contributed by atoms with van der Waals surface area (Å²) in [5.74, 6) is -0.701. The van der Waals surface area contributed by atoms with Crippen LogP contribution in [0.15, 0.2) is 41.2 Å². The van der Waals surface area contributed by atoms with Gasteiger partial charge in [0.05, 0.1) is 18.1 Å². The van der Waals surface area contributed by atoms with Crippen molar-refractivity contribution in [1.82, 2.24) is 0 Å². The van der Waals surface area contributed by atoms with Gasteiger partial charge in [0.2, 0.25) is 0 Å². The fourth-order valence-electron chi connectivity index (χ4n) is 1.52. The van der Waals surface area contributed by atoms with Gasteiger partial charge in [-0.2, -0.15) is 0 Å². The normalized spacial score (nSPS) is 10.4. The number of carbonyl (C=O) groups is 1. The summed E-state index contributed by atoms with van der Waals surface area (Å²) < 4.78 is 18.3. The molecule has 0 saturated carbocycles. The predicted molar refractivity (Wildman–Crippen MR) is 57.9 cm³/mol. The van der Waals surface area contributed by atoms with Gasteiger partial charge in [0.1, 0.15) is 5.82 Å². The molecule has 2 rings (SSSR count). The van der Waals surface area contributed by atoms with Gasteiger partial charge >= 0.3 is 0 Å². The summed E-state index contributed by atoms with van der Waals surface area (Å²) in [6.45, 7) is 1.79. The first-order chi connectivity index (χ1) is 7.66. The summed E-state index contributed by atoms with van der Waals surface area (Å²) >= 11 is 0. The molecule has 0 aliphatic heterocycles. The van der Waals surface area contributed by atoms with Crippen molar-refractivity contribution in [2.75, 3.05) is 0 Å². The molecular weight excluding hydrogens is 207 g/mol. The van der Waals surface area contributed by atoms with Crippen LogP contribution in [0.25, 0.3) is 0 Å². The Morgan fingerprint density at radius 2 is 2.19 bits per heavy atom.